The molecule has 5 nitrogen and oxygen atoms in total. The van der Waals surface area contributed by atoms with Crippen LogP contribution in [0, 0.1) is 19.8 Å². The molecule has 1 amide bonds. The van der Waals surface area contributed by atoms with Gasteiger partial charge in [0.15, 0.2) is 5.78 Å². The van der Waals surface area contributed by atoms with Crippen LogP contribution in [0.2, 0.25) is 0 Å². The van der Waals surface area contributed by atoms with Gasteiger partial charge in [-0.2, -0.15) is 0 Å². The molecule has 26 heavy (non-hydrogen) atoms. The highest BCUT2D eigenvalue weighted by Gasteiger charge is 2.44. The number of amides is 1. The number of rotatable bonds is 2. The van der Waals surface area contributed by atoms with E-state index in [1.54, 1.807) is 6.20 Å². The first-order valence-electron chi connectivity index (χ1n) is 9.64. The van der Waals surface area contributed by atoms with Gasteiger partial charge in [0.25, 0.3) is 0 Å². The summed E-state index contributed by atoms with van der Waals surface area (Å²) in [5.41, 5.74) is 2.09. The van der Waals surface area contributed by atoms with E-state index >= 15 is 0 Å². The Hall–Kier alpha value is -1.91. The van der Waals surface area contributed by atoms with Gasteiger partial charge in [0.1, 0.15) is 11.3 Å². The summed E-state index contributed by atoms with van der Waals surface area (Å²) in [5.74, 6) is 0.0705. The van der Waals surface area contributed by atoms with Crippen LogP contribution < -0.4 is 0 Å². The Bertz CT molecular complexity index is 694. The molecular formula is C21H30N2O3. The van der Waals surface area contributed by atoms with Crippen LogP contribution in [0.1, 0.15) is 74.5 Å². The summed E-state index contributed by atoms with van der Waals surface area (Å²) in [6.45, 7) is 9.61. The van der Waals surface area contributed by atoms with Gasteiger partial charge < -0.3 is 9.64 Å². The number of Topliss-reactive ketones (excluding diaryl/α,β-unsaturated/α-hetero) is 1. The number of carbonyl (C=O) groups is 2. The fraction of sp³-hybridized carbons (Fsp3) is 0.667. The third-order valence-corrected chi connectivity index (χ3v) is 5.40. The van der Waals surface area contributed by atoms with E-state index in [9.17, 15) is 9.59 Å². The maximum absolute atomic E-state index is 13.1. The van der Waals surface area contributed by atoms with Gasteiger partial charge in [-0.05, 0) is 77.8 Å². The van der Waals surface area contributed by atoms with Crippen molar-refractivity contribution < 1.29 is 14.3 Å². The molecule has 2 atom stereocenters. The largest absolute Gasteiger partial charge is 0.444 e. The van der Waals surface area contributed by atoms with E-state index in [1.807, 2.05) is 45.6 Å². The monoisotopic (exact) mass is 358 g/mol. The standard InChI is InChI=1S/C21H30N2O3/c1-13-9-14(2)18(22-12-13)19(24)15-10-16-7-6-8-17(11-15)23(16)20(25)26-21(3,4)5/h9,12,15-17H,6-8,10-11H2,1-5H3. The molecule has 2 unspecified atom stereocenters. The third-order valence-electron chi connectivity index (χ3n) is 5.40. The molecule has 2 aliphatic heterocycles. The number of ether oxygens (including phenoxy) is 1. The summed E-state index contributed by atoms with van der Waals surface area (Å²) >= 11 is 0. The minimum atomic E-state index is -0.499. The number of pyridine rings is 1. The van der Waals surface area contributed by atoms with E-state index in [0.29, 0.717) is 18.5 Å². The van der Waals surface area contributed by atoms with Crippen molar-refractivity contribution in [2.45, 2.75) is 84.4 Å². The van der Waals surface area contributed by atoms with Crippen molar-refractivity contribution in [3.05, 3.63) is 29.1 Å². The summed E-state index contributed by atoms with van der Waals surface area (Å²) in [6.07, 6.45) is 5.95. The molecule has 142 valence electrons. The fourth-order valence-corrected chi connectivity index (χ4v) is 4.37. The smallest absolute Gasteiger partial charge is 0.410 e. The second-order valence-corrected chi connectivity index (χ2v) is 8.84. The van der Waals surface area contributed by atoms with Crippen molar-refractivity contribution in [3.8, 4) is 0 Å². The molecular weight excluding hydrogens is 328 g/mol. The van der Waals surface area contributed by atoms with Gasteiger partial charge in [-0.15, -0.1) is 0 Å². The van der Waals surface area contributed by atoms with Crippen LogP contribution in [-0.4, -0.2) is 39.4 Å². The topological polar surface area (TPSA) is 59.5 Å². The molecule has 5 heteroatoms. The predicted molar refractivity (Wildman–Crippen MR) is 100 cm³/mol. The molecule has 0 aromatic carbocycles. The van der Waals surface area contributed by atoms with Crippen molar-refractivity contribution >= 4 is 11.9 Å². The van der Waals surface area contributed by atoms with E-state index in [1.165, 1.54) is 0 Å². The first-order valence-corrected chi connectivity index (χ1v) is 9.64. The van der Waals surface area contributed by atoms with Crippen molar-refractivity contribution in [1.82, 2.24) is 9.88 Å². The number of ketones is 1. The quantitative estimate of drug-likeness (QED) is 0.733. The second kappa shape index (κ2) is 7.01. The Morgan fingerprint density at radius 2 is 1.77 bits per heavy atom. The number of aryl methyl sites for hydroxylation is 2. The van der Waals surface area contributed by atoms with Gasteiger partial charge in [-0.1, -0.05) is 6.07 Å². The van der Waals surface area contributed by atoms with Gasteiger partial charge in [0.2, 0.25) is 0 Å². The lowest BCUT2D eigenvalue weighted by atomic mass is 9.76. The Morgan fingerprint density at radius 3 is 2.31 bits per heavy atom. The summed E-state index contributed by atoms with van der Waals surface area (Å²) < 4.78 is 5.62. The second-order valence-electron chi connectivity index (χ2n) is 8.84. The van der Waals surface area contributed by atoms with Gasteiger partial charge in [0, 0.05) is 24.2 Å². The zero-order chi connectivity index (χ0) is 19.1. The minimum Gasteiger partial charge on any atom is -0.444 e. The Balaban J connectivity index is 1.77. The lowest BCUT2D eigenvalue weighted by molar-refractivity contribution is -0.0261. The van der Waals surface area contributed by atoms with Crippen LogP contribution in [0.15, 0.2) is 12.3 Å². The summed E-state index contributed by atoms with van der Waals surface area (Å²) in [5, 5.41) is 0. The molecule has 0 N–H and O–H groups in total. The van der Waals surface area contributed by atoms with Crippen molar-refractivity contribution in [1.29, 1.82) is 0 Å². The number of fused-ring (bicyclic) bond motifs is 2. The molecule has 0 aliphatic carbocycles. The van der Waals surface area contributed by atoms with Crippen LogP contribution in [-0.2, 0) is 4.74 Å². The summed E-state index contributed by atoms with van der Waals surface area (Å²) in [6, 6.07) is 2.20. The Kier molecular flexibility index (Phi) is 5.09. The number of carbonyl (C=O) groups excluding carboxylic acids is 2. The minimum absolute atomic E-state index is 0.0575. The highest BCUT2D eigenvalue weighted by molar-refractivity contribution is 5.97. The van der Waals surface area contributed by atoms with Gasteiger partial charge in [0.05, 0.1) is 0 Å². The number of aromatic nitrogens is 1. The molecule has 0 spiro atoms. The maximum Gasteiger partial charge on any atom is 0.410 e. The lowest BCUT2D eigenvalue weighted by Crippen LogP contribution is -2.56. The molecule has 1 aromatic heterocycles. The molecule has 2 bridgehead atoms. The van der Waals surface area contributed by atoms with Crippen LogP contribution in [0.3, 0.4) is 0 Å². The van der Waals surface area contributed by atoms with Crippen molar-refractivity contribution in [2.24, 2.45) is 5.92 Å². The normalized spacial score (nSPS) is 25.7. The zero-order valence-corrected chi connectivity index (χ0v) is 16.5. The molecule has 2 fully saturated rings. The highest BCUT2D eigenvalue weighted by Crippen LogP contribution is 2.39. The average Bonchev–Trinajstić information content (AvgIpc) is 2.51. The first-order chi connectivity index (χ1) is 12.2. The number of nitrogens with zero attached hydrogens (tertiary/aromatic N) is 2. The first kappa shape index (κ1) is 18.9. The van der Waals surface area contributed by atoms with Crippen molar-refractivity contribution in [2.75, 3.05) is 0 Å². The molecule has 2 aliphatic rings. The van der Waals surface area contributed by atoms with Crippen molar-refractivity contribution in [3.63, 3.8) is 0 Å². The van der Waals surface area contributed by atoms with Gasteiger partial charge in [-0.3, -0.25) is 9.78 Å². The van der Waals surface area contributed by atoms with Crippen LogP contribution in [0.25, 0.3) is 0 Å². The summed E-state index contributed by atoms with van der Waals surface area (Å²) in [4.78, 5) is 32.0. The number of hydrogen-bond acceptors (Lipinski definition) is 4. The van der Waals surface area contributed by atoms with Gasteiger partial charge in [-0.25, -0.2) is 4.79 Å². The molecule has 0 radical (unpaired) electrons. The zero-order valence-electron chi connectivity index (χ0n) is 16.5. The Labute approximate surface area is 156 Å². The summed E-state index contributed by atoms with van der Waals surface area (Å²) in [7, 11) is 0. The van der Waals surface area contributed by atoms with Gasteiger partial charge >= 0.3 is 6.09 Å². The van der Waals surface area contributed by atoms with E-state index in [0.717, 1.165) is 30.4 Å². The SMILES string of the molecule is Cc1cnc(C(=O)C2CC3CCCC(C2)N3C(=O)OC(C)(C)C)c(C)c1. The highest BCUT2D eigenvalue weighted by atomic mass is 16.6. The van der Waals surface area contributed by atoms with Crippen LogP contribution in [0.4, 0.5) is 4.79 Å². The molecule has 3 heterocycles. The Morgan fingerprint density at radius 1 is 1.15 bits per heavy atom. The predicted octanol–water partition coefficient (Wildman–Crippen LogP) is 4.45. The van der Waals surface area contributed by atoms with E-state index in [4.69, 9.17) is 4.74 Å². The molecule has 2 saturated heterocycles. The lowest BCUT2D eigenvalue weighted by Gasteiger charge is -2.48. The molecule has 0 saturated carbocycles. The maximum atomic E-state index is 13.1. The van der Waals surface area contributed by atoms with E-state index in [2.05, 4.69) is 4.98 Å². The molecule has 1 aromatic rings. The number of hydrogen-bond donors (Lipinski definition) is 0. The third kappa shape index (κ3) is 3.92. The number of piperidine rings is 2. The van der Waals surface area contributed by atoms with E-state index in [-0.39, 0.29) is 29.9 Å². The van der Waals surface area contributed by atoms with Crippen LogP contribution in [0.5, 0.6) is 0 Å². The fourth-order valence-electron chi connectivity index (χ4n) is 4.37. The van der Waals surface area contributed by atoms with E-state index < -0.39 is 5.60 Å². The average molecular weight is 358 g/mol. The van der Waals surface area contributed by atoms with Crippen LogP contribution >= 0.6 is 0 Å². The molecule has 3 rings (SSSR count).